The topological polar surface area (TPSA) is 22.1 Å². The number of aromatic nitrogens is 1. The fourth-order valence-corrected chi connectivity index (χ4v) is 1.11. The van der Waals surface area contributed by atoms with E-state index in [0.29, 0.717) is 0 Å². The van der Waals surface area contributed by atoms with E-state index in [0.717, 1.165) is 22.6 Å². The van der Waals surface area contributed by atoms with E-state index in [9.17, 15) is 0 Å². The van der Waals surface area contributed by atoms with Crippen LogP contribution in [0.3, 0.4) is 0 Å². The van der Waals surface area contributed by atoms with Crippen molar-refractivity contribution >= 4 is 5.57 Å². The molecule has 0 bridgehead atoms. The first kappa shape index (κ1) is 8.78. The fourth-order valence-electron chi connectivity index (χ4n) is 1.11. The number of nitrogens with zero attached hydrogens (tertiary/aromatic N) is 1. The SMILES string of the molecule is C=C(C)c1ncc(OC)cc1C. The molecule has 0 aliphatic rings. The van der Waals surface area contributed by atoms with E-state index in [1.165, 1.54) is 0 Å². The van der Waals surface area contributed by atoms with Crippen LogP contribution in [0.25, 0.3) is 5.57 Å². The fraction of sp³-hybridized carbons (Fsp3) is 0.300. The summed E-state index contributed by atoms with van der Waals surface area (Å²) in [6.45, 7) is 7.78. The molecule has 64 valence electrons. The molecule has 2 heteroatoms. The van der Waals surface area contributed by atoms with E-state index in [1.807, 2.05) is 19.9 Å². The lowest BCUT2D eigenvalue weighted by Gasteiger charge is -2.05. The molecule has 2 nitrogen and oxygen atoms in total. The Morgan fingerprint density at radius 3 is 2.67 bits per heavy atom. The predicted octanol–water partition coefficient (Wildman–Crippen LogP) is 2.43. The molecule has 0 spiro atoms. The van der Waals surface area contributed by atoms with Crippen molar-refractivity contribution < 1.29 is 4.74 Å². The molecule has 0 saturated carbocycles. The van der Waals surface area contributed by atoms with Gasteiger partial charge in [-0.25, -0.2) is 0 Å². The molecule has 0 saturated heterocycles. The van der Waals surface area contributed by atoms with Gasteiger partial charge in [0.15, 0.2) is 0 Å². The lowest BCUT2D eigenvalue weighted by atomic mass is 10.1. The molecule has 0 aromatic carbocycles. The second-order valence-corrected chi connectivity index (χ2v) is 2.82. The Bertz CT molecular complexity index is 305. The quantitative estimate of drug-likeness (QED) is 0.668. The van der Waals surface area contributed by atoms with Crippen LogP contribution in [0.2, 0.25) is 0 Å². The smallest absolute Gasteiger partial charge is 0.137 e. The third-order valence-electron chi connectivity index (χ3n) is 1.69. The number of pyridine rings is 1. The third kappa shape index (κ3) is 1.64. The first-order valence-corrected chi connectivity index (χ1v) is 3.81. The Kier molecular flexibility index (Phi) is 2.48. The molecule has 1 heterocycles. The second-order valence-electron chi connectivity index (χ2n) is 2.82. The van der Waals surface area contributed by atoms with Crippen molar-refractivity contribution in [3.8, 4) is 5.75 Å². The van der Waals surface area contributed by atoms with Crippen LogP contribution < -0.4 is 4.74 Å². The first-order chi connectivity index (χ1) is 5.65. The lowest BCUT2D eigenvalue weighted by Crippen LogP contribution is -1.92. The van der Waals surface area contributed by atoms with E-state index in [4.69, 9.17) is 4.74 Å². The van der Waals surface area contributed by atoms with Crippen molar-refractivity contribution in [2.24, 2.45) is 0 Å². The average Bonchev–Trinajstić information content (AvgIpc) is 2.03. The molecule has 1 rings (SSSR count). The summed E-state index contributed by atoms with van der Waals surface area (Å²) >= 11 is 0. The maximum atomic E-state index is 5.04. The minimum absolute atomic E-state index is 0.789. The Morgan fingerprint density at radius 1 is 1.58 bits per heavy atom. The van der Waals surface area contributed by atoms with E-state index in [1.54, 1.807) is 13.3 Å². The van der Waals surface area contributed by atoms with Gasteiger partial charge in [-0.1, -0.05) is 6.58 Å². The Balaban J connectivity index is 3.12. The molecule has 0 fully saturated rings. The van der Waals surface area contributed by atoms with Gasteiger partial charge in [0.2, 0.25) is 0 Å². The van der Waals surface area contributed by atoms with Crippen LogP contribution in [0.15, 0.2) is 18.8 Å². The largest absolute Gasteiger partial charge is 0.495 e. The van der Waals surface area contributed by atoms with Crippen LogP contribution in [-0.2, 0) is 0 Å². The highest BCUT2D eigenvalue weighted by Gasteiger charge is 2.01. The molecule has 12 heavy (non-hydrogen) atoms. The van der Waals surface area contributed by atoms with Gasteiger partial charge in [-0.05, 0) is 31.1 Å². The van der Waals surface area contributed by atoms with E-state index >= 15 is 0 Å². The van der Waals surface area contributed by atoms with Crippen LogP contribution >= 0.6 is 0 Å². The van der Waals surface area contributed by atoms with Gasteiger partial charge in [-0.3, -0.25) is 4.98 Å². The van der Waals surface area contributed by atoms with E-state index in [2.05, 4.69) is 11.6 Å². The van der Waals surface area contributed by atoms with Gasteiger partial charge in [-0.15, -0.1) is 0 Å². The van der Waals surface area contributed by atoms with Gasteiger partial charge in [-0.2, -0.15) is 0 Å². The Morgan fingerprint density at radius 2 is 2.25 bits per heavy atom. The van der Waals surface area contributed by atoms with Gasteiger partial charge in [0.1, 0.15) is 5.75 Å². The molecule has 0 amide bonds. The number of rotatable bonds is 2. The number of hydrogen-bond donors (Lipinski definition) is 0. The van der Waals surface area contributed by atoms with Crippen LogP contribution in [0.4, 0.5) is 0 Å². The van der Waals surface area contributed by atoms with E-state index in [-0.39, 0.29) is 0 Å². The summed E-state index contributed by atoms with van der Waals surface area (Å²) in [6, 6.07) is 1.96. The maximum absolute atomic E-state index is 5.04. The summed E-state index contributed by atoms with van der Waals surface area (Å²) in [5, 5.41) is 0. The highest BCUT2D eigenvalue weighted by Crippen LogP contribution is 2.18. The monoisotopic (exact) mass is 163 g/mol. The number of methoxy groups -OCH3 is 1. The van der Waals surface area contributed by atoms with Crippen LogP contribution in [0, 0.1) is 6.92 Å². The van der Waals surface area contributed by atoms with Crippen molar-refractivity contribution in [2.45, 2.75) is 13.8 Å². The predicted molar refractivity (Wildman–Crippen MR) is 50.2 cm³/mol. The number of ether oxygens (including phenoxy) is 1. The van der Waals surface area contributed by atoms with E-state index < -0.39 is 0 Å². The summed E-state index contributed by atoms with van der Waals surface area (Å²) in [4.78, 5) is 4.22. The van der Waals surface area contributed by atoms with Crippen molar-refractivity contribution in [2.75, 3.05) is 7.11 Å². The van der Waals surface area contributed by atoms with Crippen molar-refractivity contribution in [3.05, 3.63) is 30.1 Å². The van der Waals surface area contributed by atoms with Crippen molar-refractivity contribution in [3.63, 3.8) is 0 Å². The number of allylic oxidation sites excluding steroid dienone is 1. The van der Waals surface area contributed by atoms with Gasteiger partial charge in [0, 0.05) is 0 Å². The van der Waals surface area contributed by atoms with Crippen molar-refractivity contribution in [1.29, 1.82) is 0 Å². The number of hydrogen-bond acceptors (Lipinski definition) is 2. The zero-order valence-electron chi connectivity index (χ0n) is 7.72. The van der Waals surface area contributed by atoms with Gasteiger partial charge < -0.3 is 4.74 Å². The average molecular weight is 163 g/mol. The second kappa shape index (κ2) is 3.39. The zero-order chi connectivity index (χ0) is 9.14. The number of aryl methyl sites for hydroxylation is 1. The molecular weight excluding hydrogens is 150 g/mol. The Labute approximate surface area is 72.9 Å². The molecule has 1 aromatic heterocycles. The molecule has 0 N–H and O–H groups in total. The highest BCUT2D eigenvalue weighted by atomic mass is 16.5. The molecule has 0 unspecified atom stereocenters. The first-order valence-electron chi connectivity index (χ1n) is 3.81. The summed E-state index contributed by atoms with van der Waals surface area (Å²) in [5.41, 5.74) is 3.04. The third-order valence-corrected chi connectivity index (χ3v) is 1.69. The van der Waals surface area contributed by atoms with Gasteiger partial charge >= 0.3 is 0 Å². The van der Waals surface area contributed by atoms with Gasteiger partial charge in [0.05, 0.1) is 19.0 Å². The van der Waals surface area contributed by atoms with Crippen molar-refractivity contribution in [1.82, 2.24) is 4.98 Å². The minimum atomic E-state index is 0.789. The minimum Gasteiger partial charge on any atom is -0.495 e. The molecule has 0 radical (unpaired) electrons. The molecular formula is C10H13NO. The zero-order valence-corrected chi connectivity index (χ0v) is 7.72. The molecule has 0 aliphatic carbocycles. The Hall–Kier alpha value is -1.31. The molecule has 0 aliphatic heterocycles. The maximum Gasteiger partial charge on any atom is 0.137 e. The standard InChI is InChI=1S/C10H13NO/c1-7(2)10-8(3)5-9(12-4)6-11-10/h5-6H,1H2,2-4H3. The van der Waals surface area contributed by atoms with Crippen LogP contribution in [0.5, 0.6) is 5.75 Å². The molecule has 1 aromatic rings. The molecule has 0 atom stereocenters. The highest BCUT2D eigenvalue weighted by molar-refractivity contribution is 5.61. The summed E-state index contributed by atoms with van der Waals surface area (Å²) in [5.74, 6) is 0.789. The summed E-state index contributed by atoms with van der Waals surface area (Å²) < 4.78 is 5.04. The van der Waals surface area contributed by atoms with Crippen LogP contribution in [0.1, 0.15) is 18.2 Å². The lowest BCUT2D eigenvalue weighted by molar-refractivity contribution is 0.412. The summed E-state index contributed by atoms with van der Waals surface area (Å²) in [7, 11) is 1.64. The normalized spacial score (nSPS) is 9.58. The van der Waals surface area contributed by atoms with Crippen LogP contribution in [-0.4, -0.2) is 12.1 Å². The summed E-state index contributed by atoms with van der Waals surface area (Å²) in [6.07, 6.45) is 1.71. The van der Waals surface area contributed by atoms with Gasteiger partial charge in [0.25, 0.3) is 0 Å².